The molecular weight excluding hydrogens is 334 g/mol. The first-order valence-electron chi connectivity index (χ1n) is 9.03. The van der Waals surface area contributed by atoms with Gasteiger partial charge >= 0.3 is 0 Å². The Morgan fingerprint density at radius 3 is 2.92 bits per heavy atom. The number of nitrogens with zero attached hydrogens (tertiary/aromatic N) is 1. The van der Waals surface area contributed by atoms with E-state index < -0.39 is 5.79 Å². The largest absolute Gasteiger partial charge is 0.493 e. The molecule has 2 aliphatic rings. The smallest absolute Gasteiger partial charge is 0.188 e. The van der Waals surface area contributed by atoms with Crippen molar-refractivity contribution in [2.24, 2.45) is 0 Å². The molecule has 3 rings (SSSR count). The summed E-state index contributed by atoms with van der Waals surface area (Å²) < 4.78 is 17.3. The fourth-order valence-electron chi connectivity index (χ4n) is 4.11. The summed E-state index contributed by atoms with van der Waals surface area (Å²) in [4.78, 5) is 2.30. The van der Waals surface area contributed by atoms with Crippen molar-refractivity contribution in [1.29, 1.82) is 0 Å². The average Bonchev–Trinajstić information content (AvgIpc) is 2.83. The Hall–Kier alpha value is -1.60. The van der Waals surface area contributed by atoms with Gasteiger partial charge < -0.3 is 29.3 Å². The maximum absolute atomic E-state index is 10.8. The average molecular weight is 363 g/mol. The Kier molecular flexibility index (Phi) is 5.30. The Balaban J connectivity index is 2.00. The van der Waals surface area contributed by atoms with Crippen LogP contribution < -0.4 is 9.47 Å². The number of hydrogen-bond donors (Lipinski definition) is 2. The van der Waals surface area contributed by atoms with Gasteiger partial charge in [0.2, 0.25) is 0 Å². The summed E-state index contributed by atoms with van der Waals surface area (Å²) in [5.74, 6) is -0.0776. The molecule has 6 heteroatoms. The van der Waals surface area contributed by atoms with Crippen molar-refractivity contribution >= 4 is 0 Å². The lowest BCUT2D eigenvalue weighted by atomic mass is 9.73. The van der Waals surface area contributed by atoms with E-state index in [1.807, 2.05) is 6.07 Å². The van der Waals surface area contributed by atoms with Crippen molar-refractivity contribution in [1.82, 2.24) is 4.90 Å². The van der Waals surface area contributed by atoms with Crippen LogP contribution in [0.25, 0.3) is 0 Å². The molecule has 144 valence electrons. The monoisotopic (exact) mass is 363 g/mol. The summed E-state index contributed by atoms with van der Waals surface area (Å²) in [5.41, 5.74) is 2.12. The lowest BCUT2D eigenvalue weighted by Gasteiger charge is -2.35. The number of aliphatic hydroxyl groups excluding tert-OH is 1. The van der Waals surface area contributed by atoms with Gasteiger partial charge in [0.1, 0.15) is 6.10 Å². The van der Waals surface area contributed by atoms with Crippen LogP contribution in [0.5, 0.6) is 11.5 Å². The minimum atomic E-state index is -1.55. The second kappa shape index (κ2) is 7.19. The zero-order chi connectivity index (χ0) is 18.9. The quantitative estimate of drug-likeness (QED) is 0.569. The predicted molar refractivity (Wildman–Crippen MR) is 98.5 cm³/mol. The molecule has 0 spiro atoms. The van der Waals surface area contributed by atoms with Gasteiger partial charge in [0.15, 0.2) is 17.3 Å². The zero-order valence-corrected chi connectivity index (χ0v) is 15.8. The highest BCUT2D eigenvalue weighted by Crippen LogP contribution is 2.54. The molecule has 0 amide bonds. The number of methoxy groups -OCH3 is 1. The Morgan fingerprint density at radius 1 is 1.50 bits per heavy atom. The minimum absolute atomic E-state index is 0.0379. The van der Waals surface area contributed by atoms with Gasteiger partial charge in [-0.15, -0.1) is 0 Å². The number of benzene rings is 1. The summed E-state index contributed by atoms with van der Waals surface area (Å²) in [7, 11) is 3.75. The van der Waals surface area contributed by atoms with Crippen LogP contribution in [0.3, 0.4) is 0 Å². The van der Waals surface area contributed by atoms with Gasteiger partial charge in [-0.05, 0) is 37.7 Å². The highest BCUT2D eigenvalue weighted by Gasteiger charge is 2.51. The van der Waals surface area contributed by atoms with Gasteiger partial charge in [0, 0.05) is 23.9 Å². The van der Waals surface area contributed by atoms with Crippen molar-refractivity contribution in [2.75, 3.05) is 33.9 Å². The van der Waals surface area contributed by atoms with Gasteiger partial charge in [-0.2, -0.15) is 0 Å². The van der Waals surface area contributed by atoms with Crippen LogP contribution >= 0.6 is 0 Å². The molecule has 0 radical (unpaired) electrons. The van der Waals surface area contributed by atoms with Crippen LogP contribution in [-0.4, -0.2) is 60.9 Å². The van der Waals surface area contributed by atoms with Crippen molar-refractivity contribution in [3.8, 4) is 11.5 Å². The molecule has 0 fully saturated rings. The van der Waals surface area contributed by atoms with Crippen LogP contribution in [0, 0.1) is 0 Å². The van der Waals surface area contributed by atoms with Crippen LogP contribution in [0.4, 0.5) is 0 Å². The number of ether oxygens (including phenoxy) is 3. The van der Waals surface area contributed by atoms with E-state index in [0.717, 1.165) is 25.3 Å². The summed E-state index contributed by atoms with van der Waals surface area (Å²) in [6, 6.07) is 4.05. The third-order valence-electron chi connectivity index (χ3n) is 5.66. The van der Waals surface area contributed by atoms with Gasteiger partial charge in [0.25, 0.3) is 0 Å². The fourth-order valence-corrected chi connectivity index (χ4v) is 4.11. The molecule has 26 heavy (non-hydrogen) atoms. The van der Waals surface area contributed by atoms with Crippen molar-refractivity contribution < 1.29 is 24.4 Å². The summed E-state index contributed by atoms with van der Waals surface area (Å²) in [5, 5.41) is 19.8. The molecule has 1 aromatic rings. The van der Waals surface area contributed by atoms with E-state index in [-0.39, 0.29) is 31.2 Å². The Labute approximate surface area is 155 Å². The molecule has 2 N–H and O–H groups in total. The Bertz CT molecular complexity index is 678. The summed E-state index contributed by atoms with van der Waals surface area (Å²) >= 11 is 0. The van der Waals surface area contributed by atoms with E-state index in [9.17, 15) is 5.11 Å². The van der Waals surface area contributed by atoms with Crippen LogP contribution in [0.2, 0.25) is 0 Å². The molecule has 1 aromatic carbocycles. The van der Waals surface area contributed by atoms with Crippen LogP contribution in [0.1, 0.15) is 30.9 Å². The molecular formula is C20H29NO5. The fraction of sp³-hybridized carbons (Fsp3) is 0.600. The van der Waals surface area contributed by atoms with E-state index in [4.69, 9.17) is 19.3 Å². The number of rotatable bonds is 7. The van der Waals surface area contributed by atoms with Gasteiger partial charge in [0.05, 0.1) is 20.3 Å². The highest BCUT2D eigenvalue weighted by atomic mass is 16.6. The minimum Gasteiger partial charge on any atom is -0.493 e. The molecule has 0 aromatic heterocycles. The molecule has 0 saturated heterocycles. The molecule has 0 saturated carbocycles. The SMILES string of the molecule is C=CC(O)(CC1Oc2c(OC)ccc3c2C1(C)CCN(C)C3)OCCO. The maximum Gasteiger partial charge on any atom is 0.188 e. The summed E-state index contributed by atoms with van der Waals surface area (Å²) in [6.45, 7) is 7.54. The standard InChI is InChI=1S/C20H29NO5/c1-5-20(23,25-11-10-22)12-16-19(2)8-9-21(3)13-14-6-7-15(24-4)18(26-16)17(14)19/h5-7,16,22-23H,1,8-13H2,2-4H3. The van der Waals surface area contributed by atoms with E-state index in [1.54, 1.807) is 7.11 Å². The van der Waals surface area contributed by atoms with E-state index in [0.29, 0.717) is 5.75 Å². The van der Waals surface area contributed by atoms with Crippen LogP contribution in [-0.2, 0) is 16.7 Å². The van der Waals surface area contributed by atoms with E-state index in [1.165, 1.54) is 17.2 Å². The molecule has 3 atom stereocenters. The maximum atomic E-state index is 10.8. The molecule has 2 heterocycles. The Morgan fingerprint density at radius 2 is 2.27 bits per heavy atom. The molecule has 2 aliphatic heterocycles. The van der Waals surface area contributed by atoms with Gasteiger partial charge in [-0.25, -0.2) is 0 Å². The zero-order valence-electron chi connectivity index (χ0n) is 15.8. The first kappa shape index (κ1) is 19.2. The second-order valence-corrected chi connectivity index (χ2v) is 7.47. The third kappa shape index (κ3) is 3.22. The first-order valence-corrected chi connectivity index (χ1v) is 9.03. The van der Waals surface area contributed by atoms with Crippen molar-refractivity contribution in [2.45, 2.75) is 43.6 Å². The van der Waals surface area contributed by atoms with Crippen LogP contribution in [0.15, 0.2) is 24.8 Å². The first-order chi connectivity index (χ1) is 12.4. The molecule has 3 unspecified atom stereocenters. The lowest BCUT2D eigenvalue weighted by molar-refractivity contribution is -0.189. The van der Waals surface area contributed by atoms with E-state index >= 15 is 0 Å². The molecule has 0 aliphatic carbocycles. The summed E-state index contributed by atoms with van der Waals surface area (Å²) in [6.07, 6.45) is 2.21. The second-order valence-electron chi connectivity index (χ2n) is 7.47. The van der Waals surface area contributed by atoms with Gasteiger partial charge in [-0.1, -0.05) is 19.6 Å². The number of aliphatic hydroxyl groups is 2. The lowest BCUT2D eigenvalue weighted by Crippen LogP contribution is -2.44. The normalized spacial score (nSPS) is 27.2. The topological polar surface area (TPSA) is 71.4 Å². The van der Waals surface area contributed by atoms with E-state index in [2.05, 4.69) is 31.5 Å². The van der Waals surface area contributed by atoms with Gasteiger partial charge in [-0.3, -0.25) is 0 Å². The third-order valence-corrected chi connectivity index (χ3v) is 5.66. The molecule has 0 bridgehead atoms. The molecule has 6 nitrogen and oxygen atoms in total. The van der Waals surface area contributed by atoms with Crippen molar-refractivity contribution in [3.05, 3.63) is 35.9 Å². The number of hydrogen-bond acceptors (Lipinski definition) is 6. The van der Waals surface area contributed by atoms with Crippen molar-refractivity contribution in [3.63, 3.8) is 0 Å². The highest BCUT2D eigenvalue weighted by molar-refractivity contribution is 5.58. The predicted octanol–water partition coefficient (Wildman–Crippen LogP) is 1.82.